The second-order valence-electron chi connectivity index (χ2n) is 3.96. The standard InChI is InChI=1S/C11H12F3NO4S/c1-3-15(20(2,18)19)9-6-7(11(12,13)14)4-5-8(9)10(16)17/h4-6H,3H2,1-2H3,(H,16,17). The Labute approximate surface area is 113 Å². The molecular weight excluding hydrogens is 299 g/mol. The van der Waals surface area contributed by atoms with Gasteiger partial charge >= 0.3 is 12.1 Å². The lowest BCUT2D eigenvalue weighted by Gasteiger charge is -2.23. The lowest BCUT2D eigenvalue weighted by molar-refractivity contribution is -0.137. The molecular formula is C11H12F3NO4S. The van der Waals surface area contributed by atoms with Gasteiger partial charge in [0.2, 0.25) is 10.0 Å². The fourth-order valence-corrected chi connectivity index (χ4v) is 2.66. The van der Waals surface area contributed by atoms with E-state index in [9.17, 15) is 26.4 Å². The van der Waals surface area contributed by atoms with Crippen molar-refractivity contribution in [2.75, 3.05) is 17.1 Å². The van der Waals surface area contributed by atoms with Crippen LogP contribution in [0.15, 0.2) is 18.2 Å². The molecule has 112 valence electrons. The van der Waals surface area contributed by atoms with Gasteiger partial charge < -0.3 is 5.11 Å². The van der Waals surface area contributed by atoms with E-state index < -0.39 is 39.0 Å². The average Bonchev–Trinajstić information content (AvgIpc) is 2.26. The number of aromatic carboxylic acids is 1. The zero-order valence-corrected chi connectivity index (χ0v) is 11.4. The lowest BCUT2D eigenvalue weighted by atomic mass is 10.1. The van der Waals surface area contributed by atoms with E-state index in [4.69, 9.17) is 5.11 Å². The molecule has 1 aromatic carbocycles. The fraction of sp³-hybridized carbons (Fsp3) is 0.364. The number of alkyl halides is 3. The molecule has 1 rings (SSSR count). The molecule has 0 aliphatic carbocycles. The Morgan fingerprint density at radius 1 is 1.35 bits per heavy atom. The molecule has 20 heavy (non-hydrogen) atoms. The first-order valence-electron chi connectivity index (χ1n) is 5.40. The number of hydrogen-bond acceptors (Lipinski definition) is 3. The van der Waals surface area contributed by atoms with Crippen molar-refractivity contribution in [2.45, 2.75) is 13.1 Å². The van der Waals surface area contributed by atoms with Crippen LogP contribution in [0, 0.1) is 0 Å². The van der Waals surface area contributed by atoms with E-state index in [1.54, 1.807) is 0 Å². The minimum absolute atomic E-state index is 0.180. The predicted octanol–water partition coefficient (Wildman–Crippen LogP) is 2.19. The van der Waals surface area contributed by atoms with Gasteiger partial charge in [0.1, 0.15) is 0 Å². The zero-order valence-electron chi connectivity index (χ0n) is 10.6. The number of benzene rings is 1. The molecule has 0 fully saturated rings. The van der Waals surface area contributed by atoms with E-state index >= 15 is 0 Å². The molecule has 1 N–H and O–H groups in total. The van der Waals surface area contributed by atoms with Crippen molar-refractivity contribution in [1.29, 1.82) is 0 Å². The molecule has 0 unspecified atom stereocenters. The first kappa shape index (κ1) is 16.3. The fourth-order valence-electron chi connectivity index (χ4n) is 1.68. The van der Waals surface area contributed by atoms with Crippen LogP contribution in [0.1, 0.15) is 22.8 Å². The van der Waals surface area contributed by atoms with Crippen molar-refractivity contribution >= 4 is 21.7 Å². The summed E-state index contributed by atoms with van der Waals surface area (Å²) in [6.07, 6.45) is -3.90. The second-order valence-corrected chi connectivity index (χ2v) is 5.87. The summed E-state index contributed by atoms with van der Waals surface area (Å²) in [4.78, 5) is 11.0. The maximum absolute atomic E-state index is 12.6. The minimum Gasteiger partial charge on any atom is -0.478 e. The van der Waals surface area contributed by atoms with Crippen molar-refractivity contribution in [1.82, 2.24) is 0 Å². The van der Waals surface area contributed by atoms with Gasteiger partial charge in [-0.2, -0.15) is 13.2 Å². The summed E-state index contributed by atoms with van der Waals surface area (Å²) in [7, 11) is -3.88. The summed E-state index contributed by atoms with van der Waals surface area (Å²) in [5, 5.41) is 8.97. The number of carbonyl (C=O) groups is 1. The smallest absolute Gasteiger partial charge is 0.416 e. The monoisotopic (exact) mass is 311 g/mol. The summed E-state index contributed by atoms with van der Waals surface area (Å²) >= 11 is 0. The molecule has 0 amide bonds. The quantitative estimate of drug-likeness (QED) is 0.925. The van der Waals surface area contributed by atoms with Gasteiger partial charge in [-0.3, -0.25) is 4.31 Å². The van der Waals surface area contributed by atoms with Crippen molar-refractivity contribution in [3.8, 4) is 0 Å². The van der Waals surface area contributed by atoms with Gasteiger partial charge in [0.25, 0.3) is 0 Å². The van der Waals surface area contributed by atoms with Crippen molar-refractivity contribution < 1.29 is 31.5 Å². The molecule has 0 atom stereocenters. The van der Waals surface area contributed by atoms with Crippen LogP contribution in [0.25, 0.3) is 0 Å². The van der Waals surface area contributed by atoms with Crippen LogP contribution in [0.5, 0.6) is 0 Å². The Morgan fingerprint density at radius 3 is 2.25 bits per heavy atom. The minimum atomic E-state index is -4.69. The maximum atomic E-state index is 12.6. The molecule has 0 aliphatic rings. The predicted molar refractivity (Wildman–Crippen MR) is 66.3 cm³/mol. The first-order chi connectivity index (χ1) is 8.98. The molecule has 0 radical (unpaired) electrons. The third kappa shape index (κ3) is 3.41. The van der Waals surface area contributed by atoms with Gasteiger partial charge in [-0.05, 0) is 25.1 Å². The Balaban J connectivity index is 3.59. The number of sulfonamides is 1. The van der Waals surface area contributed by atoms with Gasteiger partial charge in [-0.15, -0.1) is 0 Å². The van der Waals surface area contributed by atoms with Crippen LogP contribution >= 0.6 is 0 Å². The topological polar surface area (TPSA) is 74.7 Å². The van der Waals surface area contributed by atoms with Crippen molar-refractivity contribution in [2.24, 2.45) is 0 Å². The average molecular weight is 311 g/mol. The van der Waals surface area contributed by atoms with E-state index in [1.165, 1.54) is 6.92 Å². The molecule has 0 spiro atoms. The third-order valence-corrected chi connectivity index (χ3v) is 3.77. The molecule has 0 bridgehead atoms. The van der Waals surface area contributed by atoms with Crippen molar-refractivity contribution in [3.05, 3.63) is 29.3 Å². The summed E-state index contributed by atoms with van der Waals surface area (Å²) in [5.74, 6) is -1.50. The summed E-state index contributed by atoms with van der Waals surface area (Å²) in [5.41, 5.74) is -2.12. The molecule has 0 saturated heterocycles. The molecule has 1 aromatic rings. The molecule has 0 heterocycles. The lowest BCUT2D eigenvalue weighted by Crippen LogP contribution is -2.31. The van der Waals surface area contributed by atoms with Gasteiger partial charge in [0, 0.05) is 6.54 Å². The normalized spacial score (nSPS) is 12.2. The molecule has 5 nitrogen and oxygen atoms in total. The van der Waals surface area contributed by atoms with Gasteiger partial charge in [0.15, 0.2) is 0 Å². The number of carboxylic acid groups (broad SMARTS) is 1. The van der Waals surface area contributed by atoms with Gasteiger partial charge in [0.05, 0.1) is 23.1 Å². The summed E-state index contributed by atoms with van der Waals surface area (Å²) in [6.45, 7) is 1.22. The Hall–Kier alpha value is -1.77. The van der Waals surface area contributed by atoms with E-state index in [1.807, 2.05) is 0 Å². The van der Waals surface area contributed by atoms with E-state index in [-0.39, 0.29) is 6.54 Å². The summed E-state index contributed by atoms with van der Waals surface area (Å²) in [6, 6.07) is 1.87. The van der Waals surface area contributed by atoms with Crippen LogP contribution < -0.4 is 4.31 Å². The van der Waals surface area contributed by atoms with Gasteiger partial charge in [-0.25, -0.2) is 13.2 Å². The van der Waals surface area contributed by atoms with Crippen LogP contribution in [-0.2, 0) is 16.2 Å². The second kappa shape index (κ2) is 5.31. The van der Waals surface area contributed by atoms with E-state index in [2.05, 4.69) is 0 Å². The largest absolute Gasteiger partial charge is 0.478 e. The first-order valence-corrected chi connectivity index (χ1v) is 7.25. The molecule has 9 heteroatoms. The maximum Gasteiger partial charge on any atom is 0.416 e. The number of rotatable bonds is 4. The molecule has 0 saturated carbocycles. The van der Waals surface area contributed by atoms with Crippen LogP contribution in [0.3, 0.4) is 0 Å². The van der Waals surface area contributed by atoms with Gasteiger partial charge in [-0.1, -0.05) is 0 Å². The zero-order chi connectivity index (χ0) is 15.7. The number of nitrogens with zero attached hydrogens (tertiary/aromatic N) is 1. The summed E-state index contributed by atoms with van der Waals surface area (Å²) < 4.78 is 61.7. The molecule has 0 aromatic heterocycles. The number of hydrogen-bond donors (Lipinski definition) is 1. The van der Waals surface area contributed by atoms with E-state index in [0.717, 1.165) is 12.3 Å². The highest BCUT2D eigenvalue weighted by Crippen LogP contribution is 2.34. The Kier molecular flexibility index (Phi) is 4.33. The Morgan fingerprint density at radius 2 is 1.90 bits per heavy atom. The number of anilines is 1. The third-order valence-electron chi connectivity index (χ3n) is 2.51. The van der Waals surface area contributed by atoms with Crippen molar-refractivity contribution in [3.63, 3.8) is 0 Å². The number of halogens is 3. The Bertz CT molecular complexity index is 625. The van der Waals surface area contributed by atoms with Crippen LogP contribution in [0.2, 0.25) is 0 Å². The molecule has 0 aliphatic heterocycles. The van der Waals surface area contributed by atoms with Crippen LogP contribution in [-0.4, -0.2) is 32.3 Å². The highest BCUT2D eigenvalue weighted by atomic mass is 32.2. The SMILES string of the molecule is CCN(c1cc(C(F)(F)F)ccc1C(=O)O)S(C)(=O)=O. The highest BCUT2D eigenvalue weighted by molar-refractivity contribution is 7.92. The van der Waals surface area contributed by atoms with Crippen LogP contribution in [0.4, 0.5) is 18.9 Å². The highest BCUT2D eigenvalue weighted by Gasteiger charge is 2.33. The van der Waals surface area contributed by atoms with E-state index in [0.29, 0.717) is 16.4 Å². The number of carboxylic acids is 1.